The van der Waals surface area contributed by atoms with E-state index in [0.717, 1.165) is 11.8 Å². The lowest BCUT2D eigenvalue weighted by Gasteiger charge is -2.24. The van der Waals surface area contributed by atoms with Gasteiger partial charge in [-0.05, 0) is 38.5 Å². The molecule has 5 rings (SSSR count). The van der Waals surface area contributed by atoms with E-state index < -0.39 is 40.4 Å². The lowest BCUT2D eigenvalue weighted by atomic mass is 10.1. The van der Waals surface area contributed by atoms with Crippen LogP contribution in [0.5, 0.6) is 0 Å². The van der Waals surface area contributed by atoms with Crippen LogP contribution in [0.1, 0.15) is 44.2 Å². The standard InChI is InChI=1S/C24H25ClFN5O6S/c1-12(13-5-7-14(26)8-6-13)29-18-15(9-27)21(25)30-22-16(18)10-28-31(22)23-20-19(36-24(2,3)37-20)17(35-23)11-34-38(4,32)33/h5-8,10,12,17,19-20,23H,11H2,1-4H3,(H,29,30)/t12-,17+,19+,20+,23+/m0/s1. The van der Waals surface area contributed by atoms with E-state index in [2.05, 4.69) is 21.5 Å². The second-order valence-corrected chi connectivity index (χ2v) is 11.6. The molecule has 0 saturated carbocycles. The van der Waals surface area contributed by atoms with Crippen LogP contribution in [0.15, 0.2) is 30.5 Å². The Morgan fingerprint density at radius 3 is 2.63 bits per heavy atom. The van der Waals surface area contributed by atoms with Crippen LogP contribution >= 0.6 is 11.6 Å². The Morgan fingerprint density at radius 1 is 1.29 bits per heavy atom. The molecule has 11 nitrogen and oxygen atoms in total. The number of hydrogen-bond acceptors (Lipinski definition) is 10. The summed E-state index contributed by atoms with van der Waals surface area (Å²) in [6, 6.07) is 7.77. The highest BCUT2D eigenvalue weighted by Crippen LogP contribution is 2.44. The maximum atomic E-state index is 13.4. The first-order valence-electron chi connectivity index (χ1n) is 11.7. The third-order valence-corrected chi connectivity index (χ3v) is 7.19. The molecule has 1 aromatic carbocycles. The maximum Gasteiger partial charge on any atom is 0.264 e. The van der Waals surface area contributed by atoms with Crippen LogP contribution in [0.4, 0.5) is 10.1 Å². The third kappa shape index (κ3) is 5.07. The van der Waals surface area contributed by atoms with E-state index in [-0.39, 0.29) is 29.2 Å². The number of hydrogen-bond donors (Lipinski definition) is 1. The van der Waals surface area contributed by atoms with E-state index in [9.17, 15) is 18.1 Å². The molecule has 5 atom stereocenters. The van der Waals surface area contributed by atoms with Gasteiger partial charge in [-0.15, -0.1) is 0 Å². The normalized spacial score (nSPS) is 25.3. The van der Waals surface area contributed by atoms with Crippen molar-refractivity contribution in [3.8, 4) is 6.07 Å². The van der Waals surface area contributed by atoms with Crippen LogP contribution in [-0.4, -0.2) is 60.1 Å². The summed E-state index contributed by atoms with van der Waals surface area (Å²) >= 11 is 6.43. The molecule has 0 bridgehead atoms. The number of ether oxygens (including phenoxy) is 3. The fourth-order valence-corrected chi connectivity index (χ4v) is 5.30. The lowest BCUT2D eigenvalue weighted by Crippen LogP contribution is -2.33. The van der Waals surface area contributed by atoms with E-state index in [1.165, 1.54) is 23.0 Å². The van der Waals surface area contributed by atoms with Gasteiger partial charge in [-0.1, -0.05) is 23.7 Å². The third-order valence-electron chi connectivity index (χ3n) is 6.35. The topological polar surface area (TPSA) is 138 Å². The van der Waals surface area contributed by atoms with Gasteiger partial charge >= 0.3 is 0 Å². The van der Waals surface area contributed by atoms with Crippen molar-refractivity contribution in [1.82, 2.24) is 14.8 Å². The number of nitriles is 1. The molecule has 0 spiro atoms. The fraction of sp³-hybridized carbons (Fsp3) is 0.458. The molecule has 14 heteroatoms. The Labute approximate surface area is 223 Å². The summed E-state index contributed by atoms with van der Waals surface area (Å²) in [6.45, 7) is 5.07. The molecule has 2 aliphatic rings. The molecule has 202 valence electrons. The number of aromatic nitrogens is 3. The number of nitrogens with zero attached hydrogens (tertiary/aromatic N) is 4. The smallest absolute Gasteiger partial charge is 0.264 e. The predicted octanol–water partition coefficient (Wildman–Crippen LogP) is 3.66. The number of pyridine rings is 1. The first-order chi connectivity index (χ1) is 17.9. The lowest BCUT2D eigenvalue weighted by molar-refractivity contribution is -0.200. The average Bonchev–Trinajstić information content (AvgIpc) is 3.48. The van der Waals surface area contributed by atoms with Gasteiger partial charge in [0, 0.05) is 6.04 Å². The average molecular weight is 566 g/mol. The summed E-state index contributed by atoms with van der Waals surface area (Å²) in [4.78, 5) is 4.41. The van der Waals surface area contributed by atoms with Crippen molar-refractivity contribution in [2.45, 2.75) is 57.1 Å². The Balaban J connectivity index is 1.53. The molecular formula is C24H25ClFN5O6S. The van der Waals surface area contributed by atoms with Crippen molar-refractivity contribution in [2.75, 3.05) is 18.2 Å². The van der Waals surface area contributed by atoms with E-state index in [1.807, 2.05) is 6.92 Å². The Kier molecular flexibility index (Phi) is 6.83. The Bertz CT molecular complexity index is 1520. The van der Waals surface area contributed by atoms with Gasteiger partial charge in [0.05, 0.1) is 30.1 Å². The minimum absolute atomic E-state index is 0.0500. The van der Waals surface area contributed by atoms with Crippen molar-refractivity contribution in [3.63, 3.8) is 0 Å². The quantitative estimate of drug-likeness (QED) is 0.333. The van der Waals surface area contributed by atoms with Gasteiger partial charge in [0.25, 0.3) is 10.1 Å². The first-order valence-corrected chi connectivity index (χ1v) is 13.9. The number of rotatable bonds is 7. The largest absolute Gasteiger partial charge is 0.377 e. The van der Waals surface area contributed by atoms with E-state index in [1.54, 1.807) is 26.0 Å². The first kappa shape index (κ1) is 26.7. The van der Waals surface area contributed by atoms with Gasteiger partial charge in [-0.25, -0.2) is 14.1 Å². The fourth-order valence-electron chi connectivity index (χ4n) is 4.70. The van der Waals surface area contributed by atoms with Gasteiger partial charge in [-0.2, -0.15) is 18.8 Å². The monoisotopic (exact) mass is 565 g/mol. The Hall–Kier alpha value is -2.86. The molecule has 2 aromatic heterocycles. The number of benzene rings is 1. The van der Waals surface area contributed by atoms with Gasteiger partial charge < -0.3 is 19.5 Å². The number of nitrogens with one attached hydrogen (secondary N) is 1. The van der Waals surface area contributed by atoms with Crippen molar-refractivity contribution >= 4 is 38.4 Å². The van der Waals surface area contributed by atoms with Crippen molar-refractivity contribution in [2.24, 2.45) is 0 Å². The second kappa shape index (κ2) is 9.71. The van der Waals surface area contributed by atoms with Crippen molar-refractivity contribution in [3.05, 3.63) is 52.6 Å². The van der Waals surface area contributed by atoms with Gasteiger partial charge in [0.2, 0.25) is 0 Å². The molecule has 2 saturated heterocycles. The highest BCUT2D eigenvalue weighted by Gasteiger charge is 2.56. The number of halogens is 2. The van der Waals surface area contributed by atoms with E-state index >= 15 is 0 Å². The van der Waals surface area contributed by atoms with Gasteiger partial charge in [0.1, 0.15) is 35.8 Å². The molecule has 2 fully saturated rings. The molecule has 0 amide bonds. The highest BCUT2D eigenvalue weighted by atomic mass is 35.5. The molecule has 0 radical (unpaired) electrons. The summed E-state index contributed by atoms with van der Waals surface area (Å²) in [7, 11) is -3.72. The van der Waals surface area contributed by atoms with Crippen molar-refractivity contribution in [1.29, 1.82) is 5.26 Å². The van der Waals surface area contributed by atoms with E-state index in [4.69, 9.17) is 30.0 Å². The van der Waals surface area contributed by atoms with Crippen LogP contribution in [0.2, 0.25) is 5.15 Å². The van der Waals surface area contributed by atoms with E-state index in [0.29, 0.717) is 16.7 Å². The molecule has 0 unspecified atom stereocenters. The van der Waals surface area contributed by atoms with Gasteiger partial charge in [-0.3, -0.25) is 4.18 Å². The zero-order chi connectivity index (χ0) is 27.4. The van der Waals surface area contributed by atoms with Crippen LogP contribution < -0.4 is 5.32 Å². The molecule has 2 aliphatic heterocycles. The predicted molar refractivity (Wildman–Crippen MR) is 134 cm³/mol. The van der Waals surface area contributed by atoms with Gasteiger partial charge in [0.15, 0.2) is 22.8 Å². The van der Waals surface area contributed by atoms with Crippen LogP contribution in [-0.2, 0) is 28.5 Å². The van der Waals surface area contributed by atoms with Crippen molar-refractivity contribution < 1.29 is 31.2 Å². The maximum absolute atomic E-state index is 13.4. The Morgan fingerprint density at radius 2 is 1.97 bits per heavy atom. The molecule has 1 N–H and O–H groups in total. The number of fused-ring (bicyclic) bond motifs is 2. The summed E-state index contributed by atoms with van der Waals surface area (Å²) in [5.41, 5.74) is 1.63. The minimum Gasteiger partial charge on any atom is -0.377 e. The highest BCUT2D eigenvalue weighted by molar-refractivity contribution is 7.85. The number of anilines is 1. The molecule has 4 heterocycles. The van der Waals surface area contributed by atoms with Crippen LogP contribution in [0, 0.1) is 17.1 Å². The zero-order valence-corrected chi connectivity index (χ0v) is 22.5. The SMILES string of the molecule is C[C@H](Nc1c(C#N)c(Cl)nc2c1cnn2[C@@H]1O[C@H](COS(C)(=O)=O)[C@H]2OC(C)(C)O[C@H]21)c1ccc(F)cc1. The second-order valence-electron chi connectivity index (χ2n) is 9.63. The zero-order valence-electron chi connectivity index (χ0n) is 20.9. The molecule has 3 aromatic rings. The minimum atomic E-state index is -3.72. The van der Waals surface area contributed by atoms with Crippen LogP contribution in [0.25, 0.3) is 11.0 Å². The molecule has 0 aliphatic carbocycles. The summed E-state index contributed by atoms with van der Waals surface area (Å²) < 4.78 is 61.3. The molecule has 38 heavy (non-hydrogen) atoms. The summed E-state index contributed by atoms with van der Waals surface area (Å²) in [6.07, 6.45) is -0.447. The molecular weight excluding hydrogens is 541 g/mol. The summed E-state index contributed by atoms with van der Waals surface area (Å²) in [5.74, 6) is -1.31. The van der Waals surface area contributed by atoms with Crippen LogP contribution in [0.3, 0.4) is 0 Å². The summed E-state index contributed by atoms with van der Waals surface area (Å²) in [5, 5.41) is 18.0.